The SMILES string of the molecule is Cl.O=C(O)C1(C(=O)OCc2ccccc2)CNCCN1C(F)(F)F.O=[N+]([O-])c1ccc(Cl)cc1. The molecule has 0 aromatic heterocycles. The van der Waals surface area contributed by atoms with E-state index in [0.717, 1.165) is 0 Å². The summed E-state index contributed by atoms with van der Waals surface area (Å²) in [5.41, 5.74) is -2.22. The second kappa shape index (κ2) is 12.5. The molecule has 1 atom stereocenters. The Kier molecular flexibility index (Phi) is 10.7. The Labute approximate surface area is 203 Å². The summed E-state index contributed by atoms with van der Waals surface area (Å²) in [6.45, 7) is -1.73. The van der Waals surface area contributed by atoms with Gasteiger partial charge in [0, 0.05) is 36.8 Å². The van der Waals surface area contributed by atoms with E-state index in [4.69, 9.17) is 16.3 Å². The number of carboxylic acid groups (broad SMARTS) is 1. The fourth-order valence-electron chi connectivity index (χ4n) is 2.96. The van der Waals surface area contributed by atoms with E-state index in [1.165, 1.54) is 24.3 Å². The number of carbonyl (C=O) groups excluding carboxylic acids is 1. The number of halogens is 5. The van der Waals surface area contributed by atoms with E-state index in [0.29, 0.717) is 10.6 Å². The first kappa shape index (κ1) is 29.1. The summed E-state index contributed by atoms with van der Waals surface area (Å²) < 4.78 is 44.3. The Bertz CT molecular complexity index is 980. The van der Waals surface area contributed by atoms with Gasteiger partial charge in [0.2, 0.25) is 5.54 Å². The first-order chi connectivity index (χ1) is 15.5. The van der Waals surface area contributed by atoms with E-state index in [1.54, 1.807) is 30.3 Å². The summed E-state index contributed by atoms with van der Waals surface area (Å²) >= 11 is 5.49. The average Bonchev–Trinajstić information content (AvgIpc) is 2.78. The lowest BCUT2D eigenvalue weighted by molar-refractivity contribution is -0.384. The van der Waals surface area contributed by atoms with E-state index >= 15 is 0 Å². The molecule has 0 amide bonds. The highest BCUT2D eigenvalue weighted by Crippen LogP contribution is 2.32. The number of carbonyl (C=O) groups is 2. The largest absolute Gasteiger partial charge is 0.479 e. The zero-order chi connectivity index (χ0) is 24.6. The third kappa shape index (κ3) is 7.29. The molecule has 1 fully saturated rings. The number of benzene rings is 2. The molecular formula is C20H20Cl2F3N3O6. The van der Waals surface area contributed by atoms with Crippen LogP contribution >= 0.6 is 24.0 Å². The maximum absolute atomic E-state index is 13.1. The molecule has 1 heterocycles. The second-order valence-electron chi connectivity index (χ2n) is 6.76. The highest BCUT2D eigenvalue weighted by Gasteiger charge is 2.62. The van der Waals surface area contributed by atoms with Gasteiger partial charge in [-0.2, -0.15) is 18.1 Å². The van der Waals surface area contributed by atoms with Gasteiger partial charge in [-0.3, -0.25) is 10.1 Å². The number of hydrogen-bond donors (Lipinski definition) is 2. The first-order valence-corrected chi connectivity index (χ1v) is 9.76. The Morgan fingerprint density at radius 3 is 2.26 bits per heavy atom. The molecule has 1 aliphatic rings. The van der Waals surface area contributed by atoms with Gasteiger partial charge in [-0.15, -0.1) is 12.4 Å². The standard InChI is InChI=1S/C14H15F3N2O4.C6H4ClNO2.ClH/c15-14(16,17)19-7-6-18-9-13(19,11(20)21)12(22)23-8-10-4-2-1-3-5-10;7-5-1-3-6(4-2-5)8(9)10;/h1-5,18H,6-9H2,(H,20,21);1-4H;1H. The van der Waals surface area contributed by atoms with Crippen LogP contribution in [0.3, 0.4) is 0 Å². The maximum Gasteiger partial charge on any atom is 0.461 e. The van der Waals surface area contributed by atoms with Gasteiger partial charge in [-0.05, 0) is 17.7 Å². The van der Waals surface area contributed by atoms with Crippen LogP contribution in [-0.4, -0.2) is 58.3 Å². The van der Waals surface area contributed by atoms with Crippen LogP contribution in [0.25, 0.3) is 0 Å². The number of carboxylic acids is 1. The van der Waals surface area contributed by atoms with Gasteiger partial charge in [0.1, 0.15) is 6.61 Å². The normalized spacial score (nSPS) is 18.0. The molecule has 0 saturated carbocycles. The number of non-ortho nitro benzene ring substituents is 1. The molecule has 0 radical (unpaired) electrons. The molecular weight excluding hydrogens is 506 g/mol. The third-order valence-electron chi connectivity index (χ3n) is 4.60. The summed E-state index contributed by atoms with van der Waals surface area (Å²) in [7, 11) is 0. The van der Waals surface area contributed by atoms with Crippen LogP contribution in [-0.2, 0) is 20.9 Å². The van der Waals surface area contributed by atoms with Crippen LogP contribution in [0.5, 0.6) is 0 Å². The van der Waals surface area contributed by atoms with Crippen molar-refractivity contribution in [2.24, 2.45) is 0 Å². The number of nitrogens with zero attached hydrogens (tertiary/aromatic N) is 2. The van der Waals surface area contributed by atoms with Gasteiger partial charge in [0.25, 0.3) is 5.69 Å². The molecule has 0 aliphatic carbocycles. The Morgan fingerprint density at radius 1 is 1.18 bits per heavy atom. The fourth-order valence-corrected chi connectivity index (χ4v) is 3.08. The monoisotopic (exact) mass is 525 g/mol. The molecule has 1 unspecified atom stereocenters. The summed E-state index contributed by atoms with van der Waals surface area (Å²) in [6, 6.07) is 14.0. The van der Waals surface area contributed by atoms with Gasteiger partial charge in [0.15, 0.2) is 0 Å². The minimum absolute atomic E-state index is 0. The van der Waals surface area contributed by atoms with E-state index in [-0.39, 0.29) is 36.1 Å². The minimum atomic E-state index is -4.97. The topological polar surface area (TPSA) is 122 Å². The number of aliphatic carboxylic acids is 1. The summed E-state index contributed by atoms with van der Waals surface area (Å²) in [5, 5.41) is 22.4. The molecule has 0 bridgehead atoms. The molecule has 3 rings (SSSR count). The lowest BCUT2D eigenvalue weighted by Crippen LogP contribution is -2.73. The number of nitrogens with one attached hydrogen (secondary N) is 1. The second-order valence-corrected chi connectivity index (χ2v) is 7.19. The van der Waals surface area contributed by atoms with Gasteiger partial charge < -0.3 is 15.2 Å². The Morgan fingerprint density at radius 2 is 1.76 bits per heavy atom. The van der Waals surface area contributed by atoms with Crippen LogP contribution in [0.15, 0.2) is 54.6 Å². The highest BCUT2D eigenvalue weighted by molar-refractivity contribution is 6.30. The van der Waals surface area contributed by atoms with Crippen molar-refractivity contribution in [3.05, 3.63) is 75.3 Å². The number of nitro groups is 1. The van der Waals surface area contributed by atoms with E-state index < -0.39 is 41.8 Å². The zero-order valence-electron chi connectivity index (χ0n) is 17.3. The Hall–Kier alpha value is -2.93. The predicted octanol–water partition coefficient (Wildman–Crippen LogP) is 3.65. The van der Waals surface area contributed by atoms with Gasteiger partial charge in [0.05, 0.1) is 4.92 Å². The summed E-state index contributed by atoms with van der Waals surface area (Å²) in [6.07, 6.45) is -4.97. The smallest absolute Gasteiger partial charge is 0.461 e. The van der Waals surface area contributed by atoms with Crippen molar-refractivity contribution in [2.75, 3.05) is 19.6 Å². The molecule has 14 heteroatoms. The maximum atomic E-state index is 13.1. The van der Waals surface area contributed by atoms with E-state index in [9.17, 15) is 38.0 Å². The number of esters is 1. The first-order valence-electron chi connectivity index (χ1n) is 9.38. The van der Waals surface area contributed by atoms with Crippen molar-refractivity contribution >= 4 is 41.6 Å². The predicted molar refractivity (Wildman–Crippen MR) is 118 cm³/mol. The quantitative estimate of drug-likeness (QED) is 0.199. The summed E-state index contributed by atoms with van der Waals surface area (Å²) in [5.74, 6) is -3.35. The molecule has 34 heavy (non-hydrogen) atoms. The lowest BCUT2D eigenvalue weighted by Gasteiger charge is -2.42. The number of alkyl halides is 3. The van der Waals surface area contributed by atoms with Gasteiger partial charge in [-0.25, -0.2) is 9.59 Å². The van der Waals surface area contributed by atoms with Crippen LogP contribution in [0, 0.1) is 10.1 Å². The van der Waals surface area contributed by atoms with Crippen molar-refractivity contribution in [3.63, 3.8) is 0 Å². The summed E-state index contributed by atoms with van der Waals surface area (Å²) in [4.78, 5) is 33.0. The number of piperazine rings is 1. The van der Waals surface area contributed by atoms with Crippen molar-refractivity contribution in [2.45, 2.75) is 18.4 Å². The van der Waals surface area contributed by atoms with Gasteiger partial charge in [-0.1, -0.05) is 41.9 Å². The average molecular weight is 526 g/mol. The van der Waals surface area contributed by atoms with Crippen LogP contribution < -0.4 is 5.32 Å². The minimum Gasteiger partial charge on any atom is -0.479 e. The molecule has 2 aromatic rings. The molecule has 1 aliphatic heterocycles. The van der Waals surface area contributed by atoms with Crippen molar-refractivity contribution in [3.8, 4) is 0 Å². The Balaban J connectivity index is 0.000000442. The van der Waals surface area contributed by atoms with E-state index in [1.807, 2.05) is 0 Å². The number of nitro benzene ring substituents is 1. The molecule has 186 valence electrons. The third-order valence-corrected chi connectivity index (χ3v) is 4.85. The lowest BCUT2D eigenvalue weighted by atomic mass is 9.95. The van der Waals surface area contributed by atoms with E-state index in [2.05, 4.69) is 5.32 Å². The highest BCUT2D eigenvalue weighted by atomic mass is 35.5. The number of rotatable bonds is 5. The van der Waals surface area contributed by atoms with Crippen molar-refractivity contribution < 1.29 is 37.5 Å². The molecule has 9 nitrogen and oxygen atoms in total. The zero-order valence-corrected chi connectivity index (χ0v) is 18.9. The van der Waals surface area contributed by atoms with Crippen LogP contribution in [0.4, 0.5) is 18.9 Å². The van der Waals surface area contributed by atoms with Gasteiger partial charge >= 0.3 is 18.2 Å². The van der Waals surface area contributed by atoms with Crippen molar-refractivity contribution in [1.82, 2.24) is 10.2 Å². The molecule has 0 spiro atoms. The molecule has 2 N–H and O–H groups in total. The fraction of sp³-hybridized carbons (Fsp3) is 0.300. The molecule has 2 aromatic carbocycles. The van der Waals surface area contributed by atoms with Crippen LogP contribution in [0.1, 0.15) is 5.56 Å². The number of ether oxygens (including phenoxy) is 1. The van der Waals surface area contributed by atoms with Crippen molar-refractivity contribution in [1.29, 1.82) is 0 Å². The number of hydrogen-bond acceptors (Lipinski definition) is 7. The van der Waals surface area contributed by atoms with Crippen LogP contribution in [0.2, 0.25) is 5.02 Å². The molecule has 1 saturated heterocycles.